The van der Waals surface area contributed by atoms with Gasteiger partial charge in [-0.2, -0.15) is 0 Å². The minimum absolute atomic E-state index is 0.265. The highest BCUT2D eigenvalue weighted by molar-refractivity contribution is 5.99. The summed E-state index contributed by atoms with van der Waals surface area (Å²) < 4.78 is 1.72. The fourth-order valence-corrected chi connectivity index (χ4v) is 2.89. The average molecular weight is 300 g/mol. The molecule has 2 atom stereocenters. The Hall–Kier alpha value is -2.70. The first-order chi connectivity index (χ1) is 10.4. The smallest absolute Gasteiger partial charge is 0.307 e. The number of nitrogens with one attached hydrogen (secondary N) is 1. The second-order valence-electron chi connectivity index (χ2n) is 6.02. The molecule has 7 nitrogen and oxygen atoms in total. The van der Waals surface area contributed by atoms with Crippen molar-refractivity contribution >= 4 is 17.6 Å². The molecule has 2 aromatic rings. The topological polar surface area (TPSA) is 97.1 Å². The molecule has 2 unspecified atom stereocenters. The molecule has 114 valence electrons. The van der Waals surface area contributed by atoms with Gasteiger partial charge in [0.25, 0.3) is 0 Å². The summed E-state index contributed by atoms with van der Waals surface area (Å²) in [4.78, 5) is 23.5. The molecule has 1 heterocycles. The first-order valence-corrected chi connectivity index (χ1v) is 6.90. The van der Waals surface area contributed by atoms with E-state index in [0.717, 1.165) is 5.69 Å². The van der Waals surface area contributed by atoms with E-state index in [1.807, 2.05) is 6.07 Å². The number of benzene rings is 1. The second-order valence-corrected chi connectivity index (χ2v) is 6.02. The van der Waals surface area contributed by atoms with Gasteiger partial charge in [-0.25, -0.2) is 0 Å². The fraction of sp³-hybridized carbons (Fsp3) is 0.333. The minimum atomic E-state index is -0.927. The van der Waals surface area contributed by atoms with Crippen molar-refractivity contribution in [3.05, 3.63) is 36.9 Å². The number of hydrogen-bond donors (Lipinski definition) is 2. The predicted molar refractivity (Wildman–Crippen MR) is 78.4 cm³/mol. The molecule has 1 aliphatic rings. The molecule has 0 aliphatic heterocycles. The van der Waals surface area contributed by atoms with Crippen molar-refractivity contribution in [3.63, 3.8) is 0 Å². The molecule has 0 bridgehead atoms. The molecule has 2 N–H and O–H groups in total. The Labute approximate surface area is 127 Å². The number of carbonyl (C=O) groups excluding carboxylic acids is 1. The lowest BCUT2D eigenvalue weighted by molar-refractivity contribution is -0.140. The van der Waals surface area contributed by atoms with Crippen LogP contribution in [0, 0.1) is 17.3 Å². The number of nitrogens with zero attached hydrogens (tertiary/aromatic N) is 3. The van der Waals surface area contributed by atoms with Crippen LogP contribution in [0.2, 0.25) is 0 Å². The third-order valence-electron chi connectivity index (χ3n) is 4.21. The summed E-state index contributed by atoms with van der Waals surface area (Å²) in [6.45, 7) is 3.59. The van der Waals surface area contributed by atoms with E-state index in [9.17, 15) is 9.59 Å². The third-order valence-corrected chi connectivity index (χ3v) is 4.21. The fourth-order valence-electron chi connectivity index (χ4n) is 2.89. The lowest BCUT2D eigenvalue weighted by Gasteiger charge is -2.08. The maximum absolute atomic E-state index is 12.3. The molecule has 0 saturated heterocycles. The first kappa shape index (κ1) is 14.2. The van der Waals surface area contributed by atoms with Crippen LogP contribution in [0.15, 0.2) is 36.9 Å². The number of aromatic nitrogens is 3. The minimum Gasteiger partial charge on any atom is -0.481 e. The van der Waals surface area contributed by atoms with Gasteiger partial charge in [-0.1, -0.05) is 19.9 Å². The molecule has 0 spiro atoms. The largest absolute Gasteiger partial charge is 0.481 e. The van der Waals surface area contributed by atoms with Crippen LogP contribution in [-0.4, -0.2) is 31.7 Å². The van der Waals surface area contributed by atoms with Crippen molar-refractivity contribution in [2.24, 2.45) is 17.3 Å². The van der Waals surface area contributed by atoms with Gasteiger partial charge in [-0.15, -0.1) is 10.2 Å². The van der Waals surface area contributed by atoms with Gasteiger partial charge in [0.2, 0.25) is 5.91 Å². The van der Waals surface area contributed by atoms with Gasteiger partial charge in [0.15, 0.2) is 0 Å². The van der Waals surface area contributed by atoms with Crippen LogP contribution in [0.25, 0.3) is 5.69 Å². The Morgan fingerprint density at radius 1 is 1.23 bits per heavy atom. The van der Waals surface area contributed by atoms with E-state index in [0.29, 0.717) is 5.69 Å². The van der Waals surface area contributed by atoms with E-state index in [4.69, 9.17) is 5.11 Å². The molecule has 1 aliphatic carbocycles. The van der Waals surface area contributed by atoms with E-state index < -0.39 is 23.2 Å². The Bertz CT molecular complexity index is 724. The zero-order valence-electron chi connectivity index (χ0n) is 12.2. The molecule has 1 aromatic carbocycles. The van der Waals surface area contributed by atoms with Gasteiger partial charge in [0, 0.05) is 5.69 Å². The van der Waals surface area contributed by atoms with E-state index >= 15 is 0 Å². The van der Waals surface area contributed by atoms with Crippen LogP contribution in [0.5, 0.6) is 0 Å². The summed E-state index contributed by atoms with van der Waals surface area (Å²) in [6, 6.07) is 7.21. The number of carboxylic acids is 1. The Morgan fingerprint density at radius 2 is 1.91 bits per heavy atom. The van der Waals surface area contributed by atoms with Crippen molar-refractivity contribution in [2.75, 3.05) is 5.32 Å². The van der Waals surface area contributed by atoms with Gasteiger partial charge in [0.05, 0.1) is 17.5 Å². The highest BCUT2D eigenvalue weighted by Gasteiger charge is 2.65. The molecule has 0 radical (unpaired) electrons. The van der Waals surface area contributed by atoms with Crippen LogP contribution >= 0.6 is 0 Å². The van der Waals surface area contributed by atoms with Gasteiger partial charge in [-0.05, 0) is 23.6 Å². The van der Waals surface area contributed by atoms with Crippen LogP contribution in [0.4, 0.5) is 5.69 Å². The number of hydrogen-bond acceptors (Lipinski definition) is 4. The van der Waals surface area contributed by atoms with Crippen molar-refractivity contribution in [1.29, 1.82) is 0 Å². The molecule has 1 saturated carbocycles. The molecule has 1 fully saturated rings. The maximum Gasteiger partial charge on any atom is 0.307 e. The maximum atomic E-state index is 12.3. The summed E-state index contributed by atoms with van der Waals surface area (Å²) in [5, 5.41) is 19.4. The molecule has 1 aromatic heterocycles. The van der Waals surface area contributed by atoms with Crippen LogP contribution in [-0.2, 0) is 9.59 Å². The lowest BCUT2D eigenvalue weighted by Crippen LogP contribution is -2.17. The molecule has 1 amide bonds. The van der Waals surface area contributed by atoms with Crippen LogP contribution in [0.3, 0.4) is 0 Å². The highest BCUT2D eigenvalue weighted by atomic mass is 16.4. The highest BCUT2D eigenvalue weighted by Crippen LogP contribution is 2.58. The zero-order chi connectivity index (χ0) is 15.9. The SMILES string of the molecule is CC1(C)C(C(=O)O)C1C(=O)Nc1cccc(-n2cnnc2)c1. The van der Waals surface area contributed by atoms with E-state index in [2.05, 4.69) is 15.5 Å². The van der Waals surface area contributed by atoms with Gasteiger partial charge in [-0.3, -0.25) is 14.2 Å². The van der Waals surface area contributed by atoms with Gasteiger partial charge >= 0.3 is 5.97 Å². The van der Waals surface area contributed by atoms with Gasteiger partial charge in [0.1, 0.15) is 12.7 Å². The molecular weight excluding hydrogens is 284 g/mol. The zero-order valence-corrected chi connectivity index (χ0v) is 12.2. The number of carbonyl (C=O) groups is 2. The summed E-state index contributed by atoms with van der Waals surface area (Å²) >= 11 is 0. The lowest BCUT2D eigenvalue weighted by atomic mass is 10.1. The third kappa shape index (κ3) is 2.34. The van der Waals surface area contributed by atoms with Gasteiger partial charge < -0.3 is 10.4 Å². The number of rotatable bonds is 4. The quantitative estimate of drug-likeness (QED) is 0.893. The summed E-state index contributed by atoms with van der Waals surface area (Å²) in [6.07, 6.45) is 3.12. The Morgan fingerprint density at radius 3 is 2.50 bits per heavy atom. The summed E-state index contributed by atoms with van der Waals surface area (Å²) in [5.41, 5.74) is 0.914. The summed E-state index contributed by atoms with van der Waals surface area (Å²) in [7, 11) is 0. The number of aliphatic carboxylic acids is 1. The average Bonchev–Trinajstić information content (AvgIpc) is 2.84. The van der Waals surface area contributed by atoms with Crippen molar-refractivity contribution in [3.8, 4) is 5.69 Å². The van der Waals surface area contributed by atoms with Crippen LogP contribution in [0.1, 0.15) is 13.8 Å². The van der Waals surface area contributed by atoms with E-state index in [1.54, 1.807) is 49.3 Å². The number of anilines is 1. The molecule has 3 rings (SSSR count). The molecular formula is C15H16N4O3. The predicted octanol–water partition coefficient (Wildman–Crippen LogP) is 1.56. The van der Waals surface area contributed by atoms with Crippen molar-refractivity contribution in [1.82, 2.24) is 14.8 Å². The van der Waals surface area contributed by atoms with E-state index in [1.165, 1.54) is 0 Å². The first-order valence-electron chi connectivity index (χ1n) is 6.90. The van der Waals surface area contributed by atoms with Crippen molar-refractivity contribution in [2.45, 2.75) is 13.8 Å². The number of carboxylic acid groups (broad SMARTS) is 1. The normalized spacial score (nSPS) is 22.1. The van der Waals surface area contributed by atoms with Crippen molar-refractivity contribution < 1.29 is 14.7 Å². The van der Waals surface area contributed by atoms with E-state index in [-0.39, 0.29) is 5.91 Å². The van der Waals surface area contributed by atoms with Crippen LogP contribution < -0.4 is 5.32 Å². The standard InChI is InChI=1S/C15H16N4O3/c1-15(2)11(12(15)14(21)22)13(20)18-9-4-3-5-10(6-9)19-7-16-17-8-19/h3-8,11-12H,1-2H3,(H,18,20)(H,21,22). The number of amides is 1. The second kappa shape index (κ2) is 4.94. The monoisotopic (exact) mass is 300 g/mol. The molecule has 7 heteroatoms. The summed E-state index contributed by atoms with van der Waals surface area (Å²) in [5.74, 6) is -2.33. The Kier molecular flexibility index (Phi) is 3.20. The Balaban J connectivity index is 1.76. The molecule has 22 heavy (non-hydrogen) atoms.